The van der Waals surface area contributed by atoms with Crippen LogP contribution in [0.25, 0.3) is 11.3 Å². The van der Waals surface area contributed by atoms with Crippen molar-refractivity contribution >= 4 is 17.7 Å². The number of carbonyl (C=O) groups excluding carboxylic acids is 3. The van der Waals surface area contributed by atoms with E-state index < -0.39 is 24.3 Å². The molecule has 0 bridgehead atoms. The number of hydrogen-bond acceptors (Lipinski definition) is 6. The van der Waals surface area contributed by atoms with E-state index in [2.05, 4.69) is 15.2 Å². The molecule has 1 aromatic carbocycles. The summed E-state index contributed by atoms with van der Waals surface area (Å²) in [6.07, 6.45) is 0. The maximum atomic E-state index is 12.5. The van der Waals surface area contributed by atoms with E-state index in [4.69, 9.17) is 9.47 Å². The molecule has 3 aromatic rings. The molecule has 8 nitrogen and oxygen atoms in total. The number of Topliss-reactive ketones (excluding diaryl/α,β-unsaturated/α-hetero) is 1. The minimum absolute atomic E-state index is 0.143. The summed E-state index contributed by atoms with van der Waals surface area (Å²) in [5.41, 5.74) is 4.25. The number of aryl methyl sites for hydroxylation is 2. The molecule has 2 heterocycles. The molecule has 0 atom stereocenters. The van der Waals surface area contributed by atoms with Gasteiger partial charge in [0.15, 0.2) is 6.61 Å². The molecule has 0 saturated heterocycles. The van der Waals surface area contributed by atoms with Crippen molar-refractivity contribution in [2.75, 3.05) is 13.2 Å². The summed E-state index contributed by atoms with van der Waals surface area (Å²) < 4.78 is 10.1. The van der Waals surface area contributed by atoms with Crippen molar-refractivity contribution in [3.63, 3.8) is 0 Å². The second kappa shape index (κ2) is 8.77. The lowest BCUT2D eigenvalue weighted by Gasteiger charge is -2.04. The van der Waals surface area contributed by atoms with Gasteiger partial charge in [0.25, 0.3) is 0 Å². The van der Waals surface area contributed by atoms with Crippen LogP contribution in [0.15, 0.2) is 30.3 Å². The lowest BCUT2D eigenvalue weighted by Crippen LogP contribution is -2.16. The van der Waals surface area contributed by atoms with Crippen LogP contribution in [0, 0.1) is 20.8 Å². The number of hydrogen-bond donors (Lipinski definition) is 2. The van der Waals surface area contributed by atoms with Crippen LogP contribution in [0.1, 0.15) is 55.1 Å². The van der Waals surface area contributed by atoms with Gasteiger partial charge in [-0.3, -0.25) is 9.89 Å². The molecule has 0 aliphatic rings. The molecule has 156 valence electrons. The summed E-state index contributed by atoms with van der Waals surface area (Å²) >= 11 is 0. The van der Waals surface area contributed by atoms with Gasteiger partial charge < -0.3 is 14.5 Å². The molecule has 0 amide bonds. The van der Waals surface area contributed by atoms with Gasteiger partial charge in [-0.15, -0.1) is 0 Å². The third-order valence-corrected chi connectivity index (χ3v) is 4.68. The van der Waals surface area contributed by atoms with E-state index in [9.17, 15) is 14.4 Å². The van der Waals surface area contributed by atoms with E-state index in [0.29, 0.717) is 22.5 Å². The van der Waals surface area contributed by atoms with E-state index in [1.54, 1.807) is 26.8 Å². The van der Waals surface area contributed by atoms with Crippen molar-refractivity contribution in [3.05, 3.63) is 64.1 Å². The topological polar surface area (TPSA) is 114 Å². The molecule has 2 N–H and O–H groups in total. The van der Waals surface area contributed by atoms with Gasteiger partial charge in [0.1, 0.15) is 5.69 Å². The Morgan fingerprint density at radius 2 is 1.70 bits per heavy atom. The molecule has 0 aliphatic heterocycles. The molecule has 8 heteroatoms. The van der Waals surface area contributed by atoms with Gasteiger partial charge in [0.2, 0.25) is 5.78 Å². The number of benzene rings is 1. The van der Waals surface area contributed by atoms with Crippen LogP contribution in [0.5, 0.6) is 0 Å². The van der Waals surface area contributed by atoms with Gasteiger partial charge in [-0.2, -0.15) is 5.10 Å². The molecule has 0 fully saturated rings. The Kier molecular flexibility index (Phi) is 6.15. The van der Waals surface area contributed by atoms with Gasteiger partial charge in [0, 0.05) is 11.3 Å². The second-order valence-corrected chi connectivity index (χ2v) is 6.88. The summed E-state index contributed by atoms with van der Waals surface area (Å²) in [6.45, 7) is 6.78. The van der Waals surface area contributed by atoms with E-state index >= 15 is 0 Å². The number of aromatic nitrogens is 3. The monoisotopic (exact) mass is 409 g/mol. The zero-order valence-electron chi connectivity index (χ0n) is 17.3. The van der Waals surface area contributed by atoms with Crippen LogP contribution in [-0.2, 0) is 9.47 Å². The van der Waals surface area contributed by atoms with Crippen molar-refractivity contribution < 1.29 is 23.9 Å². The molecule has 30 heavy (non-hydrogen) atoms. The van der Waals surface area contributed by atoms with Crippen molar-refractivity contribution in [2.45, 2.75) is 27.7 Å². The smallest absolute Gasteiger partial charge is 0.356 e. The largest absolute Gasteiger partial charge is 0.462 e. The van der Waals surface area contributed by atoms with E-state index in [-0.39, 0.29) is 18.0 Å². The predicted octanol–water partition coefficient (Wildman–Crippen LogP) is 3.55. The van der Waals surface area contributed by atoms with Crippen LogP contribution in [0.3, 0.4) is 0 Å². The first-order valence-electron chi connectivity index (χ1n) is 9.50. The van der Waals surface area contributed by atoms with Crippen LogP contribution < -0.4 is 0 Å². The SMILES string of the molecule is CCOC(=O)c1c(C)[nH]c(C(=O)COC(=O)c2cc(-c3ccc(C)cc3)n[nH]2)c1C. The lowest BCUT2D eigenvalue weighted by molar-refractivity contribution is 0.0466. The maximum Gasteiger partial charge on any atom is 0.356 e. The molecule has 0 aliphatic carbocycles. The summed E-state index contributed by atoms with van der Waals surface area (Å²) in [7, 11) is 0. The van der Waals surface area contributed by atoms with Gasteiger partial charge >= 0.3 is 11.9 Å². The zero-order chi connectivity index (χ0) is 21.8. The number of ketones is 1. The number of nitrogens with zero attached hydrogens (tertiary/aromatic N) is 1. The molecular weight excluding hydrogens is 386 g/mol. The quantitative estimate of drug-likeness (QED) is 0.456. The Morgan fingerprint density at radius 3 is 2.37 bits per heavy atom. The van der Waals surface area contributed by atoms with Crippen molar-refractivity contribution in [1.29, 1.82) is 0 Å². The first-order valence-corrected chi connectivity index (χ1v) is 9.50. The highest BCUT2D eigenvalue weighted by atomic mass is 16.5. The molecule has 3 rings (SSSR count). The summed E-state index contributed by atoms with van der Waals surface area (Å²) in [5, 5.41) is 6.75. The predicted molar refractivity (Wildman–Crippen MR) is 110 cm³/mol. The summed E-state index contributed by atoms with van der Waals surface area (Å²) in [4.78, 5) is 39.8. The minimum atomic E-state index is -0.694. The number of nitrogens with one attached hydrogen (secondary N) is 2. The van der Waals surface area contributed by atoms with Gasteiger partial charge in [-0.1, -0.05) is 29.8 Å². The number of carbonyl (C=O) groups is 3. The van der Waals surface area contributed by atoms with Crippen molar-refractivity contribution in [3.8, 4) is 11.3 Å². The second-order valence-electron chi connectivity index (χ2n) is 6.88. The number of ether oxygens (including phenoxy) is 2. The first-order chi connectivity index (χ1) is 14.3. The molecule has 0 unspecified atom stereocenters. The van der Waals surface area contributed by atoms with Crippen LogP contribution in [-0.4, -0.2) is 46.1 Å². The molecule has 2 aromatic heterocycles. The van der Waals surface area contributed by atoms with Crippen molar-refractivity contribution in [2.24, 2.45) is 0 Å². The van der Waals surface area contributed by atoms with Crippen LogP contribution in [0.4, 0.5) is 0 Å². The first kappa shape index (κ1) is 21.0. The number of rotatable bonds is 7. The molecular formula is C22H23N3O5. The Morgan fingerprint density at radius 1 is 1.00 bits per heavy atom. The third kappa shape index (κ3) is 4.32. The molecule has 0 saturated carbocycles. The van der Waals surface area contributed by atoms with E-state index in [1.807, 2.05) is 31.2 Å². The average Bonchev–Trinajstić information content (AvgIpc) is 3.31. The Hall–Kier alpha value is -3.68. The van der Waals surface area contributed by atoms with E-state index in [0.717, 1.165) is 11.1 Å². The molecule has 0 radical (unpaired) electrons. The standard InChI is InChI=1S/C22H23N3O5/c1-5-29-22(28)19-13(3)20(23-14(19)4)18(26)11-30-21(27)17-10-16(24-25-17)15-8-6-12(2)7-9-15/h6-10,23H,5,11H2,1-4H3,(H,24,25). The van der Waals surface area contributed by atoms with Gasteiger partial charge in [0.05, 0.1) is 23.6 Å². The average molecular weight is 409 g/mol. The Labute approximate surface area is 173 Å². The van der Waals surface area contributed by atoms with Crippen LogP contribution in [0.2, 0.25) is 0 Å². The number of aromatic amines is 2. The minimum Gasteiger partial charge on any atom is -0.462 e. The highest BCUT2D eigenvalue weighted by Crippen LogP contribution is 2.21. The van der Waals surface area contributed by atoms with Crippen LogP contribution >= 0.6 is 0 Å². The molecule has 0 spiro atoms. The normalized spacial score (nSPS) is 10.7. The zero-order valence-corrected chi connectivity index (χ0v) is 17.3. The third-order valence-electron chi connectivity index (χ3n) is 4.68. The number of esters is 2. The lowest BCUT2D eigenvalue weighted by atomic mass is 10.1. The Bertz CT molecular complexity index is 1090. The van der Waals surface area contributed by atoms with Gasteiger partial charge in [-0.05, 0) is 39.3 Å². The fourth-order valence-electron chi connectivity index (χ4n) is 3.12. The highest BCUT2D eigenvalue weighted by molar-refractivity contribution is 6.03. The highest BCUT2D eigenvalue weighted by Gasteiger charge is 2.24. The van der Waals surface area contributed by atoms with Gasteiger partial charge in [-0.25, -0.2) is 9.59 Å². The fraction of sp³-hybridized carbons (Fsp3) is 0.273. The maximum absolute atomic E-state index is 12.5. The summed E-state index contributed by atoms with van der Waals surface area (Å²) in [5.74, 6) is -1.64. The fourth-order valence-corrected chi connectivity index (χ4v) is 3.12. The Balaban J connectivity index is 1.67. The van der Waals surface area contributed by atoms with Crippen molar-refractivity contribution in [1.82, 2.24) is 15.2 Å². The summed E-state index contributed by atoms with van der Waals surface area (Å²) in [6, 6.07) is 9.28. The van der Waals surface area contributed by atoms with E-state index in [1.165, 1.54) is 0 Å². The number of H-pyrrole nitrogens is 2.